The van der Waals surface area contributed by atoms with Gasteiger partial charge in [0, 0.05) is 18.6 Å². The predicted molar refractivity (Wildman–Crippen MR) is 98.8 cm³/mol. The number of hydrogen-bond acceptors (Lipinski definition) is 2. The zero-order valence-electron chi connectivity index (χ0n) is 14.1. The van der Waals surface area contributed by atoms with Crippen molar-refractivity contribution in [2.75, 3.05) is 13.6 Å². The normalized spacial score (nSPS) is 11.8. The Hall–Kier alpha value is -1.92. The van der Waals surface area contributed by atoms with Crippen LogP contribution in [0, 0.1) is 0 Å². The van der Waals surface area contributed by atoms with Gasteiger partial charge in [0.25, 0.3) is 0 Å². The number of aliphatic imine (C=N–C) groups is 1. The summed E-state index contributed by atoms with van der Waals surface area (Å²) in [6.07, 6.45) is -2.77. The van der Waals surface area contributed by atoms with E-state index in [1.54, 1.807) is 24.5 Å². The molecule has 0 atom stereocenters. The van der Waals surface area contributed by atoms with Crippen LogP contribution in [0.4, 0.5) is 18.9 Å². The second-order valence-electron chi connectivity index (χ2n) is 5.58. The first-order valence-electron chi connectivity index (χ1n) is 7.75. The van der Waals surface area contributed by atoms with E-state index in [4.69, 9.17) is 23.2 Å². The quantitative estimate of drug-likeness (QED) is 0.429. The van der Waals surface area contributed by atoms with Crippen molar-refractivity contribution in [1.82, 2.24) is 4.90 Å². The van der Waals surface area contributed by atoms with Crippen LogP contribution in [0.1, 0.15) is 18.1 Å². The summed E-state index contributed by atoms with van der Waals surface area (Å²) in [5.41, 5.74) is 1.82. The van der Waals surface area contributed by atoms with Crippen molar-refractivity contribution in [3.05, 3.63) is 57.6 Å². The molecule has 3 nitrogen and oxygen atoms in total. The van der Waals surface area contributed by atoms with Gasteiger partial charge >= 0.3 is 6.36 Å². The molecule has 2 rings (SSSR count). The molecule has 26 heavy (non-hydrogen) atoms. The van der Waals surface area contributed by atoms with Gasteiger partial charge in [0.2, 0.25) is 0 Å². The standard InChI is InChI=1S/C18H17Cl2F3N2O/c1-3-25(2)11-24-17-10-15(19)13(9-16(17)20)7-12-5-4-6-14(8-12)26-18(21,22)23/h4-6,8-11H,3,7H2,1-2H3. The minimum atomic E-state index is -4.73. The first-order valence-corrected chi connectivity index (χ1v) is 8.50. The maximum atomic E-state index is 12.3. The van der Waals surface area contributed by atoms with Gasteiger partial charge in [-0.05, 0) is 48.7 Å². The zero-order valence-corrected chi connectivity index (χ0v) is 15.7. The summed E-state index contributed by atoms with van der Waals surface area (Å²) in [6.45, 7) is 2.78. The molecular weight excluding hydrogens is 388 g/mol. The average molecular weight is 405 g/mol. The van der Waals surface area contributed by atoms with Crippen molar-refractivity contribution in [2.45, 2.75) is 19.7 Å². The molecule has 0 heterocycles. The molecule has 0 aliphatic rings. The van der Waals surface area contributed by atoms with E-state index in [1.807, 2.05) is 18.9 Å². The van der Waals surface area contributed by atoms with Crippen LogP contribution >= 0.6 is 23.2 Å². The van der Waals surface area contributed by atoms with Crippen LogP contribution in [0.25, 0.3) is 0 Å². The number of alkyl halides is 3. The molecule has 0 bridgehead atoms. The van der Waals surface area contributed by atoms with Gasteiger partial charge < -0.3 is 9.64 Å². The molecule has 0 aliphatic carbocycles. The zero-order chi connectivity index (χ0) is 19.3. The summed E-state index contributed by atoms with van der Waals surface area (Å²) in [5.74, 6) is -0.277. The summed E-state index contributed by atoms with van der Waals surface area (Å²) in [5, 5.41) is 0.843. The monoisotopic (exact) mass is 404 g/mol. The average Bonchev–Trinajstić information content (AvgIpc) is 2.55. The minimum Gasteiger partial charge on any atom is -0.406 e. The third-order valence-corrected chi connectivity index (χ3v) is 4.19. The highest BCUT2D eigenvalue weighted by atomic mass is 35.5. The Morgan fingerprint density at radius 1 is 1.15 bits per heavy atom. The Morgan fingerprint density at radius 3 is 2.54 bits per heavy atom. The van der Waals surface area contributed by atoms with Crippen LogP contribution in [-0.4, -0.2) is 31.2 Å². The molecule has 2 aromatic carbocycles. The molecule has 0 radical (unpaired) electrons. The number of nitrogens with zero attached hydrogens (tertiary/aromatic N) is 2. The Bertz CT molecular complexity index is 794. The summed E-state index contributed by atoms with van der Waals surface area (Å²) < 4.78 is 41.0. The second-order valence-corrected chi connectivity index (χ2v) is 6.40. The molecule has 0 aromatic heterocycles. The van der Waals surface area contributed by atoms with Crippen molar-refractivity contribution >= 4 is 35.2 Å². The van der Waals surface area contributed by atoms with Crippen molar-refractivity contribution in [3.8, 4) is 5.75 Å². The van der Waals surface area contributed by atoms with Crippen molar-refractivity contribution in [1.29, 1.82) is 0 Å². The van der Waals surface area contributed by atoms with Crippen LogP contribution in [-0.2, 0) is 6.42 Å². The molecule has 0 saturated heterocycles. The number of hydrogen-bond donors (Lipinski definition) is 0. The lowest BCUT2D eigenvalue weighted by molar-refractivity contribution is -0.274. The van der Waals surface area contributed by atoms with Crippen molar-refractivity contribution in [2.24, 2.45) is 4.99 Å². The summed E-state index contributed by atoms with van der Waals surface area (Å²) >= 11 is 12.5. The maximum absolute atomic E-state index is 12.3. The Kier molecular flexibility index (Phi) is 6.78. The Morgan fingerprint density at radius 2 is 1.88 bits per heavy atom. The fraction of sp³-hybridized carbons (Fsp3) is 0.278. The summed E-state index contributed by atoms with van der Waals surface area (Å²) in [7, 11) is 1.88. The molecule has 140 valence electrons. The van der Waals surface area contributed by atoms with E-state index < -0.39 is 6.36 Å². The molecule has 0 unspecified atom stereocenters. The van der Waals surface area contributed by atoms with Gasteiger partial charge in [0.1, 0.15) is 5.75 Å². The molecule has 2 aromatic rings. The summed E-state index contributed by atoms with van der Waals surface area (Å²) in [4.78, 5) is 6.16. The number of halogens is 5. The molecular formula is C18H17Cl2F3N2O. The fourth-order valence-corrected chi connectivity index (χ4v) is 2.59. The van der Waals surface area contributed by atoms with E-state index in [0.717, 1.165) is 6.54 Å². The van der Waals surface area contributed by atoms with Gasteiger partial charge in [0.05, 0.1) is 17.0 Å². The molecule has 0 saturated carbocycles. The highest BCUT2D eigenvalue weighted by Gasteiger charge is 2.31. The fourth-order valence-electron chi connectivity index (χ4n) is 2.13. The third kappa shape index (κ3) is 6.11. The van der Waals surface area contributed by atoms with Crippen molar-refractivity contribution < 1.29 is 17.9 Å². The van der Waals surface area contributed by atoms with Gasteiger partial charge in [0.15, 0.2) is 0 Å². The van der Waals surface area contributed by atoms with E-state index in [0.29, 0.717) is 33.3 Å². The molecule has 0 spiro atoms. The topological polar surface area (TPSA) is 24.8 Å². The van der Waals surface area contributed by atoms with Gasteiger partial charge in [-0.3, -0.25) is 0 Å². The minimum absolute atomic E-state index is 0.277. The number of benzene rings is 2. The molecule has 0 N–H and O–H groups in total. The summed E-state index contributed by atoms with van der Waals surface area (Å²) in [6, 6.07) is 9.05. The van der Waals surface area contributed by atoms with Gasteiger partial charge in [-0.2, -0.15) is 0 Å². The van der Waals surface area contributed by atoms with Crippen molar-refractivity contribution in [3.63, 3.8) is 0 Å². The van der Waals surface area contributed by atoms with Crippen LogP contribution in [0.2, 0.25) is 10.0 Å². The highest BCUT2D eigenvalue weighted by Crippen LogP contribution is 2.33. The van der Waals surface area contributed by atoms with Crippen LogP contribution in [0.5, 0.6) is 5.75 Å². The molecule has 0 fully saturated rings. The lowest BCUT2D eigenvalue weighted by Crippen LogP contribution is -2.17. The van der Waals surface area contributed by atoms with Gasteiger partial charge in [-0.1, -0.05) is 35.3 Å². The van der Waals surface area contributed by atoms with E-state index in [1.165, 1.54) is 18.2 Å². The highest BCUT2D eigenvalue weighted by molar-refractivity contribution is 6.35. The Balaban J connectivity index is 2.21. The lowest BCUT2D eigenvalue weighted by atomic mass is 10.0. The number of rotatable bonds is 6. The van der Waals surface area contributed by atoms with E-state index in [2.05, 4.69) is 9.73 Å². The second kappa shape index (κ2) is 8.64. The van der Waals surface area contributed by atoms with E-state index in [9.17, 15) is 13.2 Å². The smallest absolute Gasteiger partial charge is 0.406 e. The van der Waals surface area contributed by atoms with Crippen LogP contribution < -0.4 is 4.74 Å². The van der Waals surface area contributed by atoms with Gasteiger partial charge in [-0.25, -0.2) is 4.99 Å². The molecule has 0 amide bonds. The Labute approximate surface area is 160 Å². The SMILES string of the molecule is CCN(C)C=Nc1cc(Cl)c(Cc2cccc(OC(F)(F)F)c2)cc1Cl. The predicted octanol–water partition coefficient (Wildman–Crippen LogP) is 6.09. The number of ether oxygens (including phenoxy) is 1. The van der Waals surface area contributed by atoms with E-state index >= 15 is 0 Å². The first kappa shape index (κ1) is 20.4. The van der Waals surface area contributed by atoms with Crippen LogP contribution in [0.3, 0.4) is 0 Å². The van der Waals surface area contributed by atoms with Gasteiger partial charge in [-0.15, -0.1) is 13.2 Å². The van der Waals surface area contributed by atoms with Crippen LogP contribution in [0.15, 0.2) is 41.4 Å². The van der Waals surface area contributed by atoms with E-state index in [-0.39, 0.29) is 5.75 Å². The largest absolute Gasteiger partial charge is 0.573 e. The molecule has 8 heteroatoms. The third-order valence-electron chi connectivity index (χ3n) is 3.54. The maximum Gasteiger partial charge on any atom is 0.573 e. The lowest BCUT2D eigenvalue weighted by Gasteiger charge is -2.12. The molecule has 0 aliphatic heterocycles. The first-order chi connectivity index (χ1) is 12.2.